The summed E-state index contributed by atoms with van der Waals surface area (Å²) in [6, 6.07) is 7.19. The van der Waals surface area contributed by atoms with Gasteiger partial charge in [-0.3, -0.25) is 0 Å². The monoisotopic (exact) mass is 246 g/mol. The van der Waals surface area contributed by atoms with Crippen LogP contribution < -0.4 is 4.74 Å². The van der Waals surface area contributed by atoms with E-state index in [4.69, 9.17) is 10.3 Å². The van der Waals surface area contributed by atoms with Gasteiger partial charge in [0.1, 0.15) is 5.75 Å². The van der Waals surface area contributed by atoms with Crippen LogP contribution in [-0.4, -0.2) is 31.1 Å². The lowest BCUT2D eigenvalue weighted by Gasteiger charge is -2.14. The summed E-state index contributed by atoms with van der Waals surface area (Å²) in [5.74, 6) is 0.827. The second-order valence-corrected chi connectivity index (χ2v) is 4.43. The highest BCUT2D eigenvalue weighted by atomic mass is 16.5. The van der Waals surface area contributed by atoms with E-state index in [0.717, 1.165) is 25.3 Å². The van der Waals surface area contributed by atoms with Crippen LogP contribution in [0.4, 0.5) is 5.69 Å². The number of rotatable bonds is 6. The van der Waals surface area contributed by atoms with E-state index in [1.165, 1.54) is 25.9 Å². The first-order chi connectivity index (χ1) is 8.88. The van der Waals surface area contributed by atoms with Gasteiger partial charge < -0.3 is 9.64 Å². The molecule has 5 nitrogen and oxygen atoms in total. The second kappa shape index (κ2) is 6.89. The Balaban J connectivity index is 1.67. The third-order valence-corrected chi connectivity index (χ3v) is 3.08. The normalized spacial score (nSPS) is 15.3. The molecule has 0 aliphatic carbocycles. The topological polar surface area (TPSA) is 61.2 Å². The van der Waals surface area contributed by atoms with Gasteiger partial charge in [0.2, 0.25) is 0 Å². The van der Waals surface area contributed by atoms with Crippen molar-refractivity contribution in [1.82, 2.24) is 4.90 Å². The number of hydrogen-bond donors (Lipinski definition) is 0. The van der Waals surface area contributed by atoms with Crippen molar-refractivity contribution in [2.45, 2.75) is 19.3 Å². The van der Waals surface area contributed by atoms with Gasteiger partial charge in [-0.15, -0.1) is 0 Å². The summed E-state index contributed by atoms with van der Waals surface area (Å²) in [6.07, 6.45) is 3.72. The fourth-order valence-corrected chi connectivity index (χ4v) is 2.15. The summed E-state index contributed by atoms with van der Waals surface area (Å²) in [7, 11) is 0. The summed E-state index contributed by atoms with van der Waals surface area (Å²) in [6.45, 7) is 4.33. The molecule has 0 atom stereocenters. The highest BCUT2D eigenvalue weighted by Gasteiger charge is 2.10. The van der Waals surface area contributed by atoms with Crippen LogP contribution in [0, 0.1) is 0 Å². The smallest absolute Gasteiger partial charge is 0.119 e. The molecule has 0 aromatic heterocycles. The Hall–Kier alpha value is -1.71. The van der Waals surface area contributed by atoms with E-state index < -0.39 is 0 Å². The molecule has 1 aliphatic heterocycles. The van der Waals surface area contributed by atoms with Crippen LogP contribution in [0.3, 0.4) is 0 Å². The maximum atomic E-state index is 8.29. The summed E-state index contributed by atoms with van der Waals surface area (Å²) >= 11 is 0. The van der Waals surface area contributed by atoms with Gasteiger partial charge in [0, 0.05) is 17.1 Å². The highest BCUT2D eigenvalue weighted by molar-refractivity contribution is 5.40. The average molecular weight is 246 g/mol. The number of hydrogen-bond acceptors (Lipinski definition) is 3. The zero-order chi connectivity index (χ0) is 12.6. The molecule has 0 spiro atoms. The molecule has 1 aromatic rings. The Labute approximate surface area is 107 Å². The maximum absolute atomic E-state index is 8.29. The van der Waals surface area contributed by atoms with Gasteiger partial charge in [0.05, 0.1) is 6.61 Å². The second-order valence-electron chi connectivity index (χ2n) is 4.43. The molecule has 0 radical (unpaired) electrons. The Morgan fingerprint density at radius 1 is 1.22 bits per heavy atom. The molecule has 1 fully saturated rings. The van der Waals surface area contributed by atoms with E-state index in [1.807, 2.05) is 12.1 Å². The quantitative estimate of drug-likeness (QED) is 0.334. The van der Waals surface area contributed by atoms with E-state index in [1.54, 1.807) is 12.1 Å². The number of ether oxygens (including phenoxy) is 1. The van der Waals surface area contributed by atoms with E-state index in [0.29, 0.717) is 5.69 Å². The Morgan fingerprint density at radius 2 is 1.94 bits per heavy atom. The molecule has 96 valence electrons. The molecule has 5 heteroatoms. The number of nitrogens with zero attached hydrogens (tertiary/aromatic N) is 4. The van der Waals surface area contributed by atoms with Crippen LogP contribution in [0.15, 0.2) is 29.4 Å². The van der Waals surface area contributed by atoms with Crippen molar-refractivity contribution in [1.29, 1.82) is 0 Å². The third-order valence-electron chi connectivity index (χ3n) is 3.08. The predicted molar refractivity (Wildman–Crippen MR) is 71.0 cm³/mol. The van der Waals surface area contributed by atoms with E-state index in [-0.39, 0.29) is 0 Å². The molecule has 1 saturated heterocycles. The van der Waals surface area contributed by atoms with E-state index in [9.17, 15) is 0 Å². The molecule has 1 aliphatic rings. The molecule has 0 saturated carbocycles. The molecule has 18 heavy (non-hydrogen) atoms. The number of likely N-dealkylation sites (tertiary alicyclic amines) is 1. The van der Waals surface area contributed by atoms with Crippen LogP contribution in [-0.2, 0) is 0 Å². The SMILES string of the molecule is [N-]=[N+]=Nc1ccc(OCCCN2CCCC2)cc1. The minimum absolute atomic E-state index is 0.613. The van der Waals surface area contributed by atoms with Crippen molar-refractivity contribution < 1.29 is 4.74 Å². The summed E-state index contributed by atoms with van der Waals surface area (Å²) in [5.41, 5.74) is 8.90. The average Bonchev–Trinajstić information content (AvgIpc) is 2.90. The lowest BCUT2D eigenvalue weighted by atomic mass is 10.3. The van der Waals surface area contributed by atoms with Crippen molar-refractivity contribution >= 4 is 5.69 Å². The summed E-state index contributed by atoms with van der Waals surface area (Å²) in [4.78, 5) is 5.21. The first-order valence-electron chi connectivity index (χ1n) is 6.39. The summed E-state index contributed by atoms with van der Waals surface area (Å²) in [5, 5.41) is 3.51. The minimum Gasteiger partial charge on any atom is -0.494 e. The zero-order valence-corrected chi connectivity index (χ0v) is 10.5. The Morgan fingerprint density at radius 3 is 2.61 bits per heavy atom. The van der Waals surface area contributed by atoms with Crippen LogP contribution in [0.5, 0.6) is 5.75 Å². The highest BCUT2D eigenvalue weighted by Crippen LogP contribution is 2.18. The molecule has 2 rings (SSSR count). The van der Waals surface area contributed by atoms with Gasteiger partial charge in [-0.25, -0.2) is 0 Å². The van der Waals surface area contributed by atoms with Crippen molar-refractivity contribution in [3.8, 4) is 5.75 Å². The molecule has 0 amide bonds. The fraction of sp³-hybridized carbons (Fsp3) is 0.538. The molecular weight excluding hydrogens is 228 g/mol. The minimum atomic E-state index is 0.613. The van der Waals surface area contributed by atoms with Crippen LogP contribution in [0.2, 0.25) is 0 Å². The lowest BCUT2D eigenvalue weighted by Crippen LogP contribution is -2.21. The predicted octanol–water partition coefficient (Wildman–Crippen LogP) is 3.49. The van der Waals surface area contributed by atoms with Crippen LogP contribution in [0.25, 0.3) is 10.4 Å². The zero-order valence-electron chi connectivity index (χ0n) is 10.5. The molecule has 1 aromatic carbocycles. The van der Waals surface area contributed by atoms with Gasteiger partial charge in [-0.2, -0.15) is 0 Å². The fourth-order valence-electron chi connectivity index (χ4n) is 2.15. The molecule has 0 N–H and O–H groups in total. The number of benzene rings is 1. The van der Waals surface area contributed by atoms with E-state index >= 15 is 0 Å². The van der Waals surface area contributed by atoms with Crippen LogP contribution in [0.1, 0.15) is 19.3 Å². The Bertz CT molecular complexity index is 406. The van der Waals surface area contributed by atoms with Gasteiger partial charge >= 0.3 is 0 Å². The molecule has 0 unspecified atom stereocenters. The number of azide groups is 1. The van der Waals surface area contributed by atoms with Crippen molar-refractivity contribution in [2.75, 3.05) is 26.2 Å². The third kappa shape index (κ3) is 3.95. The van der Waals surface area contributed by atoms with Crippen LogP contribution >= 0.6 is 0 Å². The lowest BCUT2D eigenvalue weighted by molar-refractivity contribution is 0.263. The van der Waals surface area contributed by atoms with Gasteiger partial charge in [-0.1, -0.05) is 5.11 Å². The van der Waals surface area contributed by atoms with Gasteiger partial charge in [0.15, 0.2) is 0 Å². The molecular formula is C13H18N4O. The maximum Gasteiger partial charge on any atom is 0.119 e. The van der Waals surface area contributed by atoms with Gasteiger partial charge in [-0.05, 0) is 62.1 Å². The first kappa shape index (κ1) is 12.7. The Kier molecular flexibility index (Phi) is 4.88. The van der Waals surface area contributed by atoms with Crippen molar-refractivity contribution in [3.05, 3.63) is 34.7 Å². The summed E-state index contributed by atoms with van der Waals surface area (Å²) < 4.78 is 5.64. The molecule has 1 heterocycles. The molecule has 0 bridgehead atoms. The van der Waals surface area contributed by atoms with Crippen molar-refractivity contribution in [2.24, 2.45) is 5.11 Å². The standard InChI is InChI=1S/C13H18N4O/c14-16-15-12-4-6-13(7-5-12)18-11-3-10-17-8-1-2-9-17/h4-7H,1-3,8-11H2. The van der Waals surface area contributed by atoms with Crippen molar-refractivity contribution in [3.63, 3.8) is 0 Å². The largest absolute Gasteiger partial charge is 0.494 e. The first-order valence-corrected chi connectivity index (χ1v) is 6.39. The van der Waals surface area contributed by atoms with E-state index in [2.05, 4.69) is 14.9 Å². The van der Waals surface area contributed by atoms with Gasteiger partial charge in [0.25, 0.3) is 0 Å².